The van der Waals surface area contributed by atoms with Crippen molar-refractivity contribution >= 4 is 12.4 Å². The third-order valence-electron chi connectivity index (χ3n) is 5.07. The zero-order valence-electron chi connectivity index (χ0n) is 13.9. The van der Waals surface area contributed by atoms with Crippen molar-refractivity contribution in [2.24, 2.45) is 5.41 Å². The number of hydrogen-bond donors (Lipinski definition) is 1. The van der Waals surface area contributed by atoms with Gasteiger partial charge in [0.15, 0.2) is 0 Å². The van der Waals surface area contributed by atoms with Gasteiger partial charge in [-0.25, -0.2) is 0 Å². The number of rotatable bonds is 5. The standard InChI is InChI=1S/C17H24F2N2O2.ClH/c1-22-14-3-2-13(15(10-14)23-16(18)19)11-21-9-6-17(12-21)4-7-20-8-5-17;/h2-3,10,16,20H,4-9,11-12H2,1H3;1H. The second kappa shape index (κ2) is 8.32. The van der Waals surface area contributed by atoms with Crippen LogP contribution in [-0.4, -0.2) is 44.8 Å². The summed E-state index contributed by atoms with van der Waals surface area (Å²) in [5.74, 6) is 0.742. The van der Waals surface area contributed by atoms with Gasteiger partial charge >= 0.3 is 6.61 Å². The smallest absolute Gasteiger partial charge is 0.387 e. The molecule has 24 heavy (non-hydrogen) atoms. The maximum atomic E-state index is 12.7. The summed E-state index contributed by atoms with van der Waals surface area (Å²) in [5.41, 5.74) is 1.19. The number of benzene rings is 1. The number of methoxy groups -OCH3 is 1. The normalized spacial score (nSPS) is 20.2. The third-order valence-corrected chi connectivity index (χ3v) is 5.07. The van der Waals surface area contributed by atoms with E-state index in [1.54, 1.807) is 6.07 Å². The molecule has 2 heterocycles. The van der Waals surface area contributed by atoms with Crippen LogP contribution in [0.3, 0.4) is 0 Å². The van der Waals surface area contributed by atoms with Gasteiger partial charge in [-0.3, -0.25) is 4.90 Å². The van der Waals surface area contributed by atoms with E-state index >= 15 is 0 Å². The summed E-state index contributed by atoms with van der Waals surface area (Å²) >= 11 is 0. The quantitative estimate of drug-likeness (QED) is 0.871. The van der Waals surface area contributed by atoms with Gasteiger partial charge in [-0.1, -0.05) is 6.07 Å². The molecule has 0 aliphatic carbocycles. The SMILES string of the molecule is COc1ccc(CN2CCC3(CCNCC3)C2)c(OC(F)F)c1.Cl. The Morgan fingerprint density at radius 2 is 2.00 bits per heavy atom. The second-order valence-corrected chi connectivity index (χ2v) is 6.56. The number of nitrogens with one attached hydrogen (secondary N) is 1. The second-order valence-electron chi connectivity index (χ2n) is 6.56. The summed E-state index contributed by atoms with van der Waals surface area (Å²) in [4.78, 5) is 2.35. The van der Waals surface area contributed by atoms with E-state index in [0.717, 1.165) is 31.7 Å². The number of alkyl halides is 2. The summed E-state index contributed by atoms with van der Waals surface area (Å²) in [5, 5.41) is 3.41. The number of ether oxygens (including phenoxy) is 2. The Labute approximate surface area is 147 Å². The molecule has 0 unspecified atom stereocenters. The van der Waals surface area contributed by atoms with Gasteiger partial charge in [-0.2, -0.15) is 8.78 Å². The first-order valence-corrected chi connectivity index (χ1v) is 8.15. The molecule has 136 valence electrons. The minimum Gasteiger partial charge on any atom is -0.497 e. The highest BCUT2D eigenvalue weighted by molar-refractivity contribution is 5.85. The van der Waals surface area contributed by atoms with Gasteiger partial charge in [0, 0.05) is 24.7 Å². The van der Waals surface area contributed by atoms with Crippen molar-refractivity contribution in [3.05, 3.63) is 23.8 Å². The summed E-state index contributed by atoms with van der Waals surface area (Å²) in [6.07, 6.45) is 3.59. The molecule has 0 atom stereocenters. The van der Waals surface area contributed by atoms with Crippen LogP contribution in [0.15, 0.2) is 18.2 Å². The molecule has 0 radical (unpaired) electrons. The van der Waals surface area contributed by atoms with Gasteiger partial charge in [0.25, 0.3) is 0 Å². The largest absolute Gasteiger partial charge is 0.497 e. The summed E-state index contributed by atoms with van der Waals surface area (Å²) in [6, 6.07) is 5.16. The Bertz CT molecular complexity index is 539. The average molecular weight is 363 g/mol. The Hall–Kier alpha value is -1.11. The van der Waals surface area contributed by atoms with Crippen molar-refractivity contribution in [2.75, 3.05) is 33.3 Å². The average Bonchev–Trinajstić information content (AvgIpc) is 2.91. The van der Waals surface area contributed by atoms with Crippen LogP contribution in [0.4, 0.5) is 8.78 Å². The predicted molar refractivity (Wildman–Crippen MR) is 91.3 cm³/mol. The Morgan fingerprint density at radius 1 is 1.25 bits per heavy atom. The number of piperidine rings is 1. The van der Waals surface area contributed by atoms with Gasteiger partial charge in [0.05, 0.1) is 7.11 Å². The summed E-state index contributed by atoms with van der Waals surface area (Å²) < 4.78 is 35.1. The zero-order valence-corrected chi connectivity index (χ0v) is 14.7. The molecule has 0 amide bonds. The van der Waals surface area contributed by atoms with Crippen molar-refractivity contribution in [3.63, 3.8) is 0 Å². The fourth-order valence-electron chi connectivity index (χ4n) is 3.77. The van der Waals surface area contributed by atoms with Crippen LogP contribution in [0, 0.1) is 5.41 Å². The number of likely N-dealkylation sites (tertiary alicyclic amines) is 1. The highest BCUT2D eigenvalue weighted by Crippen LogP contribution is 2.39. The molecule has 0 aromatic heterocycles. The summed E-state index contributed by atoms with van der Waals surface area (Å²) in [6.45, 7) is 2.03. The summed E-state index contributed by atoms with van der Waals surface area (Å²) in [7, 11) is 1.52. The minimum atomic E-state index is -2.82. The molecule has 1 aromatic carbocycles. The van der Waals surface area contributed by atoms with Gasteiger partial charge in [-0.05, 0) is 50.4 Å². The van der Waals surface area contributed by atoms with Gasteiger partial charge < -0.3 is 14.8 Å². The van der Waals surface area contributed by atoms with E-state index in [4.69, 9.17) is 4.74 Å². The first-order valence-electron chi connectivity index (χ1n) is 8.15. The molecule has 2 aliphatic heterocycles. The highest BCUT2D eigenvalue weighted by atomic mass is 35.5. The van der Waals surface area contributed by atoms with Crippen molar-refractivity contribution in [1.82, 2.24) is 10.2 Å². The molecule has 2 saturated heterocycles. The predicted octanol–water partition coefficient (Wildman–Crippen LogP) is 3.29. The first kappa shape index (κ1) is 19.2. The zero-order chi connectivity index (χ0) is 16.3. The lowest BCUT2D eigenvalue weighted by Crippen LogP contribution is -2.38. The molecule has 3 rings (SSSR count). The molecule has 1 spiro atoms. The monoisotopic (exact) mass is 362 g/mol. The lowest BCUT2D eigenvalue weighted by molar-refractivity contribution is -0.0508. The van der Waals surface area contributed by atoms with Gasteiger partial charge in [-0.15, -0.1) is 12.4 Å². The maximum Gasteiger partial charge on any atom is 0.387 e. The molecule has 2 fully saturated rings. The minimum absolute atomic E-state index is 0. The van der Waals surface area contributed by atoms with E-state index in [9.17, 15) is 8.78 Å². The molecule has 1 aromatic rings. The first-order chi connectivity index (χ1) is 11.1. The Balaban J connectivity index is 0.00000208. The van der Waals surface area contributed by atoms with E-state index in [1.807, 2.05) is 6.07 Å². The van der Waals surface area contributed by atoms with E-state index < -0.39 is 6.61 Å². The fourth-order valence-corrected chi connectivity index (χ4v) is 3.77. The van der Waals surface area contributed by atoms with Crippen LogP contribution in [0.5, 0.6) is 11.5 Å². The fraction of sp³-hybridized carbons (Fsp3) is 0.647. The van der Waals surface area contributed by atoms with Crippen LogP contribution in [-0.2, 0) is 6.54 Å². The van der Waals surface area contributed by atoms with E-state index in [0.29, 0.717) is 17.7 Å². The topological polar surface area (TPSA) is 33.7 Å². The van der Waals surface area contributed by atoms with E-state index in [2.05, 4.69) is 15.0 Å². The molecule has 2 aliphatic rings. The van der Waals surface area contributed by atoms with Crippen LogP contribution in [0.1, 0.15) is 24.8 Å². The molecule has 7 heteroatoms. The lowest BCUT2D eigenvalue weighted by atomic mass is 9.78. The molecular weight excluding hydrogens is 338 g/mol. The third kappa shape index (κ3) is 4.49. The van der Waals surface area contributed by atoms with Crippen molar-refractivity contribution in [2.45, 2.75) is 32.4 Å². The Morgan fingerprint density at radius 3 is 2.67 bits per heavy atom. The molecule has 1 N–H and O–H groups in total. The van der Waals surface area contributed by atoms with Gasteiger partial charge in [0.1, 0.15) is 11.5 Å². The van der Waals surface area contributed by atoms with Gasteiger partial charge in [0.2, 0.25) is 0 Å². The van der Waals surface area contributed by atoms with Crippen LogP contribution < -0.4 is 14.8 Å². The number of nitrogens with zero attached hydrogens (tertiary/aromatic N) is 1. The van der Waals surface area contributed by atoms with E-state index in [1.165, 1.54) is 32.4 Å². The molecule has 4 nitrogen and oxygen atoms in total. The van der Waals surface area contributed by atoms with Crippen molar-refractivity contribution in [3.8, 4) is 11.5 Å². The highest BCUT2D eigenvalue weighted by Gasteiger charge is 2.38. The molecular formula is C17H25ClF2N2O2. The maximum absolute atomic E-state index is 12.7. The Kier molecular flexibility index (Phi) is 6.66. The van der Waals surface area contributed by atoms with Crippen LogP contribution >= 0.6 is 12.4 Å². The number of halogens is 3. The molecule has 0 saturated carbocycles. The van der Waals surface area contributed by atoms with E-state index in [-0.39, 0.29) is 18.2 Å². The van der Waals surface area contributed by atoms with Crippen LogP contribution in [0.25, 0.3) is 0 Å². The van der Waals surface area contributed by atoms with Crippen molar-refractivity contribution < 1.29 is 18.3 Å². The number of hydrogen-bond acceptors (Lipinski definition) is 4. The lowest BCUT2D eigenvalue weighted by Gasteiger charge is -2.34. The van der Waals surface area contributed by atoms with Crippen molar-refractivity contribution in [1.29, 1.82) is 0 Å². The van der Waals surface area contributed by atoms with Crippen LogP contribution in [0.2, 0.25) is 0 Å². The molecule has 0 bridgehead atoms.